The summed E-state index contributed by atoms with van der Waals surface area (Å²) in [6.45, 7) is 6.27. The SMILES string of the molecule is CC(C)CNCc1cnc(Cc2cccs2)nc1. The predicted molar refractivity (Wildman–Crippen MR) is 75.7 cm³/mol. The van der Waals surface area contributed by atoms with Gasteiger partial charge in [-0.05, 0) is 23.9 Å². The highest BCUT2D eigenvalue weighted by molar-refractivity contribution is 7.09. The third kappa shape index (κ3) is 4.20. The number of hydrogen-bond acceptors (Lipinski definition) is 4. The molecule has 2 heterocycles. The molecule has 0 aromatic carbocycles. The van der Waals surface area contributed by atoms with E-state index in [9.17, 15) is 0 Å². The Bertz CT molecular complexity index is 448. The third-order valence-electron chi connectivity index (χ3n) is 2.55. The summed E-state index contributed by atoms with van der Waals surface area (Å²) in [7, 11) is 0. The molecule has 2 aromatic rings. The number of aromatic nitrogens is 2. The molecule has 0 saturated heterocycles. The molecule has 2 aromatic heterocycles. The molecule has 0 atom stereocenters. The first-order chi connectivity index (χ1) is 8.74. The summed E-state index contributed by atoms with van der Waals surface area (Å²) in [5, 5.41) is 5.47. The molecule has 18 heavy (non-hydrogen) atoms. The van der Waals surface area contributed by atoms with Crippen LogP contribution >= 0.6 is 11.3 Å². The highest BCUT2D eigenvalue weighted by atomic mass is 32.1. The molecule has 1 N–H and O–H groups in total. The van der Waals surface area contributed by atoms with E-state index in [1.54, 1.807) is 11.3 Å². The van der Waals surface area contributed by atoms with Gasteiger partial charge in [0.25, 0.3) is 0 Å². The van der Waals surface area contributed by atoms with Crippen LogP contribution in [0, 0.1) is 5.92 Å². The lowest BCUT2D eigenvalue weighted by atomic mass is 10.2. The van der Waals surface area contributed by atoms with Gasteiger partial charge >= 0.3 is 0 Å². The van der Waals surface area contributed by atoms with E-state index in [0.717, 1.165) is 30.9 Å². The monoisotopic (exact) mass is 261 g/mol. The Morgan fingerprint density at radius 3 is 2.67 bits per heavy atom. The van der Waals surface area contributed by atoms with Crippen LogP contribution in [-0.4, -0.2) is 16.5 Å². The van der Waals surface area contributed by atoms with Crippen LogP contribution in [0.15, 0.2) is 29.9 Å². The topological polar surface area (TPSA) is 37.8 Å². The maximum Gasteiger partial charge on any atom is 0.133 e. The number of thiophene rings is 1. The van der Waals surface area contributed by atoms with Gasteiger partial charge in [-0.1, -0.05) is 19.9 Å². The molecule has 2 rings (SSSR count). The summed E-state index contributed by atoms with van der Waals surface area (Å²) in [4.78, 5) is 10.1. The van der Waals surface area contributed by atoms with Crippen LogP contribution in [0.1, 0.15) is 30.1 Å². The zero-order valence-corrected chi connectivity index (χ0v) is 11.7. The number of nitrogens with zero attached hydrogens (tertiary/aromatic N) is 2. The maximum atomic E-state index is 4.41. The molecule has 0 radical (unpaired) electrons. The summed E-state index contributed by atoms with van der Waals surface area (Å²) in [6, 6.07) is 4.18. The van der Waals surface area contributed by atoms with E-state index in [-0.39, 0.29) is 0 Å². The van der Waals surface area contributed by atoms with Crippen molar-refractivity contribution in [3.8, 4) is 0 Å². The maximum absolute atomic E-state index is 4.41. The van der Waals surface area contributed by atoms with E-state index in [1.807, 2.05) is 12.4 Å². The second-order valence-electron chi connectivity index (χ2n) is 4.79. The quantitative estimate of drug-likeness (QED) is 0.869. The molecule has 0 unspecified atom stereocenters. The number of nitrogens with one attached hydrogen (secondary N) is 1. The first-order valence-corrected chi connectivity index (χ1v) is 7.15. The zero-order valence-electron chi connectivity index (χ0n) is 10.9. The van der Waals surface area contributed by atoms with Gasteiger partial charge in [-0.25, -0.2) is 9.97 Å². The molecular weight excluding hydrogens is 242 g/mol. The van der Waals surface area contributed by atoms with Crippen molar-refractivity contribution in [2.75, 3.05) is 6.54 Å². The molecule has 0 spiro atoms. The highest BCUT2D eigenvalue weighted by Gasteiger charge is 2.01. The van der Waals surface area contributed by atoms with Gasteiger partial charge in [0.1, 0.15) is 5.82 Å². The van der Waals surface area contributed by atoms with Crippen LogP contribution < -0.4 is 5.32 Å². The van der Waals surface area contributed by atoms with Crippen molar-refractivity contribution >= 4 is 11.3 Å². The first kappa shape index (κ1) is 13.2. The van der Waals surface area contributed by atoms with E-state index in [2.05, 4.69) is 46.6 Å². The van der Waals surface area contributed by atoms with Crippen molar-refractivity contribution in [3.63, 3.8) is 0 Å². The van der Waals surface area contributed by atoms with E-state index in [1.165, 1.54) is 4.88 Å². The molecule has 0 aliphatic heterocycles. The highest BCUT2D eigenvalue weighted by Crippen LogP contribution is 2.12. The number of hydrogen-bond donors (Lipinski definition) is 1. The molecular formula is C14H19N3S. The average molecular weight is 261 g/mol. The first-order valence-electron chi connectivity index (χ1n) is 6.27. The minimum Gasteiger partial charge on any atom is -0.312 e. The Morgan fingerprint density at radius 2 is 2.06 bits per heavy atom. The van der Waals surface area contributed by atoms with Gasteiger partial charge in [0.2, 0.25) is 0 Å². The van der Waals surface area contributed by atoms with Crippen molar-refractivity contribution < 1.29 is 0 Å². The van der Waals surface area contributed by atoms with Crippen LogP contribution in [-0.2, 0) is 13.0 Å². The fourth-order valence-corrected chi connectivity index (χ4v) is 2.34. The van der Waals surface area contributed by atoms with Gasteiger partial charge in [-0.2, -0.15) is 0 Å². The van der Waals surface area contributed by atoms with E-state index in [4.69, 9.17) is 0 Å². The van der Waals surface area contributed by atoms with Crippen molar-refractivity contribution in [3.05, 3.63) is 46.2 Å². The fraction of sp³-hybridized carbons (Fsp3) is 0.429. The van der Waals surface area contributed by atoms with Gasteiger partial charge < -0.3 is 5.32 Å². The van der Waals surface area contributed by atoms with Gasteiger partial charge in [0, 0.05) is 35.8 Å². The Hall–Kier alpha value is -1.26. The van der Waals surface area contributed by atoms with E-state index in [0.29, 0.717) is 5.92 Å². The average Bonchev–Trinajstić information content (AvgIpc) is 2.84. The van der Waals surface area contributed by atoms with Crippen molar-refractivity contribution in [1.82, 2.24) is 15.3 Å². The molecule has 0 amide bonds. The van der Waals surface area contributed by atoms with Gasteiger partial charge in [-0.15, -0.1) is 11.3 Å². The van der Waals surface area contributed by atoms with Gasteiger partial charge in [-0.3, -0.25) is 0 Å². The molecule has 4 heteroatoms. The second-order valence-corrected chi connectivity index (χ2v) is 5.82. The van der Waals surface area contributed by atoms with Gasteiger partial charge in [0.05, 0.1) is 0 Å². The largest absolute Gasteiger partial charge is 0.312 e. The molecule has 96 valence electrons. The van der Waals surface area contributed by atoms with Crippen molar-refractivity contribution in [1.29, 1.82) is 0 Å². The lowest BCUT2D eigenvalue weighted by Crippen LogP contribution is -2.19. The van der Waals surface area contributed by atoms with Crippen LogP contribution in [0.3, 0.4) is 0 Å². The van der Waals surface area contributed by atoms with Crippen LogP contribution in [0.25, 0.3) is 0 Å². The lowest BCUT2D eigenvalue weighted by molar-refractivity contribution is 0.551. The van der Waals surface area contributed by atoms with Crippen molar-refractivity contribution in [2.24, 2.45) is 5.92 Å². The van der Waals surface area contributed by atoms with Crippen LogP contribution in [0.4, 0.5) is 0 Å². The standard InChI is InChI=1S/C14H19N3S/c1-11(2)7-15-8-12-9-16-14(17-10-12)6-13-4-3-5-18-13/h3-5,9-11,15H,6-8H2,1-2H3. The minimum atomic E-state index is 0.670. The Balaban J connectivity index is 1.85. The number of rotatable bonds is 6. The summed E-state index contributed by atoms with van der Waals surface area (Å²) in [6.07, 6.45) is 4.67. The van der Waals surface area contributed by atoms with Crippen molar-refractivity contribution in [2.45, 2.75) is 26.8 Å². The van der Waals surface area contributed by atoms with E-state index >= 15 is 0 Å². The normalized spacial score (nSPS) is 11.1. The summed E-state index contributed by atoms with van der Waals surface area (Å²) in [5.41, 5.74) is 1.14. The second kappa shape index (κ2) is 6.61. The molecule has 0 bridgehead atoms. The fourth-order valence-electron chi connectivity index (χ4n) is 1.64. The van der Waals surface area contributed by atoms with E-state index < -0.39 is 0 Å². The molecule has 0 aliphatic carbocycles. The summed E-state index contributed by atoms with van der Waals surface area (Å²) in [5.74, 6) is 1.56. The van der Waals surface area contributed by atoms with Gasteiger partial charge in [0.15, 0.2) is 0 Å². The van der Waals surface area contributed by atoms with Crippen LogP contribution in [0.5, 0.6) is 0 Å². The summed E-state index contributed by atoms with van der Waals surface area (Å²) >= 11 is 1.75. The van der Waals surface area contributed by atoms with Crippen LogP contribution in [0.2, 0.25) is 0 Å². The Labute approximate surface area is 112 Å². The minimum absolute atomic E-state index is 0.670. The zero-order chi connectivity index (χ0) is 12.8. The summed E-state index contributed by atoms with van der Waals surface area (Å²) < 4.78 is 0. The molecule has 0 aliphatic rings. The smallest absolute Gasteiger partial charge is 0.133 e. The molecule has 0 fully saturated rings. The Kier molecular flexibility index (Phi) is 4.84. The third-order valence-corrected chi connectivity index (χ3v) is 3.43. The Morgan fingerprint density at radius 1 is 1.28 bits per heavy atom. The molecule has 0 saturated carbocycles. The predicted octanol–water partition coefficient (Wildman–Crippen LogP) is 2.87. The lowest BCUT2D eigenvalue weighted by Gasteiger charge is -2.07. The molecule has 3 nitrogen and oxygen atoms in total.